The maximum Gasteiger partial charge on any atom is 0.282 e. The molecule has 15 heavy (non-hydrogen) atoms. The summed E-state index contributed by atoms with van der Waals surface area (Å²) in [5.74, 6) is 0.288. The Kier molecular flexibility index (Phi) is 4.03. The van der Waals surface area contributed by atoms with Gasteiger partial charge in [-0.15, -0.1) is 11.6 Å². The molecule has 1 saturated heterocycles. The van der Waals surface area contributed by atoms with E-state index in [9.17, 15) is 8.42 Å². The molecule has 0 bridgehead atoms. The van der Waals surface area contributed by atoms with Crippen LogP contribution in [0.25, 0.3) is 0 Å². The fourth-order valence-electron chi connectivity index (χ4n) is 1.49. The summed E-state index contributed by atoms with van der Waals surface area (Å²) < 4.78 is 27.2. The van der Waals surface area contributed by atoms with E-state index in [1.165, 1.54) is 8.61 Å². The van der Waals surface area contributed by atoms with Gasteiger partial charge in [-0.05, 0) is 26.7 Å². The van der Waals surface area contributed by atoms with Crippen molar-refractivity contribution in [2.45, 2.75) is 32.2 Å². The van der Waals surface area contributed by atoms with Gasteiger partial charge in [-0.25, -0.2) is 0 Å². The molecule has 4 nitrogen and oxygen atoms in total. The second kappa shape index (κ2) is 4.57. The molecule has 1 aliphatic rings. The number of hydrogen-bond donors (Lipinski definition) is 0. The highest BCUT2D eigenvalue weighted by atomic mass is 35.5. The SMILES string of the molecule is CN(C(C)(C)CCl)S(=O)(=O)N1CCCC1. The molecule has 0 aromatic carbocycles. The molecule has 0 amide bonds. The zero-order valence-electron chi connectivity index (χ0n) is 9.53. The van der Waals surface area contributed by atoms with E-state index in [1.807, 2.05) is 13.8 Å². The second-order valence-electron chi connectivity index (χ2n) is 4.53. The highest BCUT2D eigenvalue weighted by Crippen LogP contribution is 2.23. The van der Waals surface area contributed by atoms with Gasteiger partial charge in [-0.3, -0.25) is 0 Å². The fraction of sp³-hybridized carbons (Fsp3) is 1.00. The molecule has 90 valence electrons. The molecular formula is C9H19ClN2O2S. The molecule has 0 unspecified atom stereocenters. The van der Waals surface area contributed by atoms with E-state index < -0.39 is 15.7 Å². The first kappa shape index (κ1) is 13.2. The van der Waals surface area contributed by atoms with Gasteiger partial charge in [-0.1, -0.05) is 0 Å². The first-order chi connectivity index (χ1) is 6.82. The van der Waals surface area contributed by atoms with Crippen molar-refractivity contribution in [2.75, 3.05) is 26.0 Å². The monoisotopic (exact) mass is 254 g/mol. The van der Waals surface area contributed by atoms with Gasteiger partial charge in [0.1, 0.15) is 0 Å². The first-order valence-corrected chi connectivity index (χ1v) is 7.05. The Bertz CT molecular complexity index is 310. The summed E-state index contributed by atoms with van der Waals surface area (Å²) in [6.45, 7) is 4.91. The first-order valence-electron chi connectivity index (χ1n) is 5.12. The lowest BCUT2D eigenvalue weighted by Crippen LogP contribution is -2.51. The van der Waals surface area contributed by atoms with E-state index in [0.717, 1.165) is 12.8 Å². The van der Waals surface area contributed by atoms with Gasteiger partial charge >= 0.3 is 0 Å². The van der Waals surface area contributed by atoms with E-state index in [0.29, 0.717) is 13.1 Å². The summed E-state index contributed by atoms with van der Waals surface area (Å²) in [7, 11) is -1.73. The maximum absolute atomic E-state index is 12.1. The van der Waals surface area contributed by atoms with Crippen LogP contribution < -0.4 is 0 Å². The van der Waals surface area contributed by atoms with Crippen molar-refractivity contribution < 1.29 is 8.42 Å². The van der Waals surface area contributed by atoms with Crippen molar-refractivity contribution in [3.63, 3.8) is 0 Å². The molecule has 1 heterocycles. The van der Waals surface area contributed by atoms with Gasteiger partial charge in [0.25, 0.3) is 10.2 Å². The predicted molar refractivity (Wildman–Crippen MR) is 62.3 cm³/mol. The van der Waals surface area contributed by atoms with Crippen LogP contribution in [0.1, 0.15) is 26.7 Å². The standard InChI is InChI=1S/C9H19ClN2O2S/c1-9(2,8-10)11(3)15(13,14)12-6-4-5-7-12/h4-8H2,1-3H3. The largest absolute Gasteiger partial charge is 0.282 e. The van der Waals surface area contributed by atoms with Crippen LogP contribution in [0.3, 0.4) is 0 Å². The number of hydrogen-bond acceptors (Lipinski definition) is 2. The van der Waals surface area contributed by atoms with E-state index in [2.05, 4.69) is 0 Å². The summed E-state index contributed by atoms with van der Waals surface area (Å²) in [4.78, 5) is 0. The molecule has 1 aliphatic heterocycles. The van der Waals surface area contributed by atoms with Crippen LogP contribution >= 0.6 is 11.6 Å². The minimum Gasteiger partial charge on any atom is -0.195 e. The minimum absolute atomic E-state index is 0.288. The van der Waals surface area contributed by atoms with Crippen molar-refractivity contribution in [1.29, 1.82) is 0 Å². The number of halogens is 1. The molecule has 0 N–H and O–H groups in total. The molecule has 1 fully saturated rings. The minimum atomic E-state index is -3.33. The Morgan fingerprint density at radius 1 is 1.33 bits per heavy atom. The molecule has 0 radical (unpaired) electrons. The number of alkyl halides is 1. The fourth-order valence-corrected chi connectivity index (χ4v) is 3.49. The summed E-state index contributed by atoms with van der Waals surface area (Å²) in [5.41, 5.74) is -0.539. The summed E-state index contributed by atoms with van der Waals surface area (Å²) in [5, 5.41) is 0. The van der Waals surface area contributed by atoms with Crippen LogP contribution in [-0.2, 0) is 10.2 Å². The third-order valence-corrected chi connectivity index (χ3v) is 5.78. The van der Waals surface area contributed by atoms with E-state index in [1.54, 1.807) is 7.05 Å². The van der Waals surface area contributed by atoms with Crippen molar-refractivity contribution in [2.24, 2.45) is 0 Å². The molecule has 6 heteroatoms. The van der Waals surface area contributed by atoms with Crippen molar-refractivity contribution in [1.82, 2.24) is 8.61 Å². The van der Waals surface area contributed by atoms with Crippen molar-refractivity contribution >= 4 is 21.8 Å². The lowest BCUT2D eigenvalue weighted by Gasteiger charge is -2.35. The van der Waals surface area contributed by atoms with Crippen LogP contribution in [0.5, 0.6) is 0 Å². The van der Waals surface area contributed by atoms with E-state index in [4.69, 9.17) is 11.6 Å². The molecular weight excluding hydrogens is 236 g/mol. The lowest BCUT2D eigenvalue weighted by molar-refractivity contribution is 0.273. The Labute approximate surface area is 97.4 Å². The number of nitrogens with zero attached hydrogens (tertiary/aromatic N) is 2. The molecule has 1 rings (SSSR count). The highest BCUT2D eigenvalue weighted by Gasteiger charge is 2.37. The molecule has 0 aliphatic carbocycles. The normalized spacial score (nSPS) is 20.1. The highest BCUT2D eigenvalue weighted by molar-refractivity contribution is 7.86. The Morgan fingerprint density at radius 2 is 1.80 bits per heavy atom. The van der Waals surface area contributed by atoms with Crippen LogP contribution in [0, 0.1) is 0 Å². The van der Waals surface area contributed by atoms with Gasteiger partial charge < -0.3 is 0 Å². The molecule has 0 aromatic rings. The lowest BCUT2D eigenvalue weighted by atomic mass is 10.1. The third-order valence-electron chi connectivity index (χ3n) is 2.92. The average molecular weight is 255 g/mol. The molecule has 0 aromatic heterocycles. The van der Waals surface area contributed by atoms with Crippen molar-refractivity contribution in [3.8, 4) is 0 Å². The van der Waals surface area contributed by atoms with Crippen LogP contribution in [0.2, 0.25) is 0 Å². The summed E-state index contributed by atoms with van der Waals surface area (Å²) in [6.07, 6.45) is 1.91. The van der Waals surface area contributed by atoms with Gasteiger partial charge in [-0.2, -0.15) is 17.0 Å². The third kappa shape index (κ3) is 2.64. The van der Waals surface area contributed by atoms with E-state index in [-0.39, 0.29) is 5.88 Å². The maximum atomic E-state index is 12.1. The van der Waals surface area contributed by atoms with Crippen LogP contribution in [-0.4, -0.2) is 48.6 Å². The van der Waals surface area contributed by atoms with Gasteiger partial charge in [0, 0.05) is 31.6 Å². The average Bonchev–Trinajstić information content (AvgIpc) is 2.69. The van der Waals surface area contributed by atoms with E-state index >= 15 is 0 Å². The Hall–Kier alpha value is 0.160. The van der Waals surface area contributed by atoms with Gasteiger partial charge in [0.15, 0.2) is 0 Å². The molecule has 0 atom stereocenters. The van der Waals surface area contributed by atoms with Crippen LogP contribution in [0.15, 0.2) is 0 Å². The quantitative estimate of drug-likeness (QED) is 0.709. The second-order valence-corrected chi connectivity index (χ2v) is 6.75. The summed E-state index contributed by atoms with van der Waals surface area (Å²) in [6, 6.07) is 0. The zero-order valence-corrected chi connectivity index (χ0v) is 11.1. The smallest absolute Gasteiger partial charge is 0.195 e. The Morgan fingerprint density at radius 3 is 2.20 bits per heavy atom. The van der Waals surface area contributed by atoms with Crippen molar-refractivity contribution in [3.05, 3.63) is 0 Å². The molecule has 0 spiro atoms. The predicted octanol–water partition coefficient (Wildman–Crippen LogP) is 1.28. The van der Waals surface area contributed by atoms with Crippen LogP contribution in [0.4, 0.5) is 0 Å². The van der Waals surface area contributed by atoms with Gasteiger partial charge in [0.2, 0.25) is 0 Å². The molecule has 0 saturated carbocycles. The Balaban J connectivity index is 2.85. The van der Waals surface area contributed by atoms with Gasteiger partial charge in [0.05, 0.1) is 0 Å². The zero-order chi connectivity index (χ0) is 11.7. The topological polar surface area (TPSA) is 40.6 Å². The number of rotatable bonds is 4. The summed E-state index contributed by atoms with van der Waals surface area (Å²) >= 11 is 5.78.